The third-order valence-electron chi connectivity index (χ3n) is 3.10. The molecule has 0 atom stereocenters. The number of hydrogen-bond donors (Lipinski definition) is 1. The fraction of sp³-hybridized carbons (Fsp3) is 0. The average molecular weight is 287 g/mol. The molecule has 0 radical (unpaired) electrons. The van der Waals surface area contributed by atoms with Gasteiger partial charge in [0.2, 0.25) is 0 Å². The Morgan fingerprint density at radius 1 is 1.09 bits per heavy atom. The largest absolute Gasteiger partial charge is 0.464 e. The van der Waals surface area contributed by atoms with Gasteiger partial charge in [0.25, 0.3) is 0 Å². The first-order valence-corrected chi connectivity index (χ1v) is 6.34. The second kappa shape index (κ2) is 5.39. The van der Waals surface area contributed by atoms with Gasteiger partial charge in [-0.2, -0.15) is 10.5 Å². The number of nitrogens with zero attached hydrogens (tertiary/aromatic N) is 4. The van der Waals surface area contributed by atoms with Crippen LogP contribution >= 0.6 is 0 Å². The van der Waals surface area contributed by atoms with Crippen LogP contribution in [-0.2, 0) is 0 Å². The Kier molecular flexibility index (Phi) is 3.27. The summed E-state index contributed by atoms with van der Waals surface area (Å²) >= 11 is 0. The quantitative estimate of drug-likeness (QED) is 0.775. The SMILES string of the molecule is N#Cc1ccc(-c2cc(-c3ccco3)c(C#N)c(N)n2)nc1. The van der Waals surface area contributed by atoms with Crippen LogP contribution in [0.2, 0.25) is 0 Å². The van der Waals surface area contributed by atoms with Gasteiger partial charge in [-0.25, -0.2) is 4.98 Å². The zero-order valence-electron chi connectivity index (χ0n) is 11.3. The highest BCUT2D eigenvalue weighted by atomic mass is 16.3. The topological polar surface area (TPSA) is 113 Å². The fourth-order valence-electron chi connectivity index (χ4n) is 2.05. The Hall–Kier alpha value is -3.64. The summed E-state index contributed by atoms with van der Waals surface area (Å²) in [4.78, 5) is 8.39. The number of rotatable bonds is 2. The minimum absolute atomic E-state index is 0.109. The minimum Gasteiger partial charge on any atom is -0.464 e. The van der Waals surface area contributed by atoms with Gasteiger partial charge in [0.05, 0.1) is 23.2 Å². The van der Waals surface area contributed by atoms with Crippen molar-refractivity contribution in [3.8, 4) is 34.8 Å². The molecule has 0 unspecified atom stereocenters. The zero-order valence-corrected chi connectivity index (χ0v) is 11.3. The molecule has 22 heavy (non-hydrogen) atoms. The van der Waals surface area contributed by atoms with Crippen LogP contribution in [0.15, 0.2) is 47.2 Å². The molecule has 0 aliphatic rings. The summed E-state index contributed by atoms with van der Waals surface area (Å²) in [6, 6.07) is 12.5. The van der Waals surface area contributed by atoms with Crippen LogP contribution in [0.5, 0.6) is 0 Å². The summed E-state index contributed by atoms with van der Waals surface area (Å²) in [5.74, 6) is 0.637. The van der Waals surface area contributed by atoms with E-state index in [0.29, 0.717) is 28.3 Å². The Balaban J connectivity index is 2.18. The summed E-state index contributed by atoms with van der Waals surface area (Å²) in [5.41, 5.74) is 8.21. The summed E-state index contributed by atoms with van der Waals surface area (Å²) in [6.07, 6.45) is 2.98. The van der Waals surface area contributed by atoms with E-state index in [-0.39, 0.29) is 11.4 Å². The van der Waals surface area contributed by atoms with Crippen molar-refractivity contribution in [3.05, 3.63) is 53.9 Å². The number of pyridine rings is 2. The van der Waals surface area contributed by atoms with Crippen LogP contribution in [0.1, 0.15) is 11.1 Å². The molecule has 3 heterocycles. The molecular formula is C16H9N5O. The first-order valence-electron chi connectivity index (χ1n) is 6.34. The molecule has 0 fully saturated rings. The van der Waals surface area contributed by atoms with Crippen LogP contribution in [0.25, 0.3) is 22.7 Å². The molecule has 0 bridgehead atoms. The molecule has 0 aliphatic heterocycles. The lowest BCUT2D eigenvalue weighted by Gasteiger charge is -2.07. The fourth-order valence-corrected chi connectivity index (χ4v) is 2.05. The van der Waals surface area contributed by atoms with E-state index in [1.165, 1.54) is 12.5 Å². The van der Waals surface area contributed by atoms with Crippen LogP contribution in [0.4, 0.5) is 5.82 Å². The molecular weight excluding hydrogens is 278 g/mol. The Labute approximate surface area is 126 Å². The number of anilines is 1. The van der Waals surface area contributed by atoms with E-state index in [2.05, 4.69) is 9.97 Å². The lowest BCUT2D eigenvalue weighted by molar-refractivity contribution is 0.582. The molecule has 0 saturated heterocycles. The van der Waals surface area contributed by atoms with E-state index in [0.717, 1.165) is 0 Å². The molecule has 0 amide bonds. The molecule has 3 rings (SSSR count). The van der Waals surface area contributed by atoms with Crippen LogP contribution in [0.3, 0.4) is 0 Å². The monoisotopic (exact) mass is 287 g/mol. The van der Waals surface area contributed by atoms with Crippen molar-refractivity contribution in [2.24, 2.45) is 0 Å². The number of nitrogen functional groups attached to an aromatic ring is 1. The van der Waals surface area contributed by atoms with Gasteiger partial charge >= 0.3 is 0 Å². The average Bonchev–Trinajstić information content (AvgIpc) is 3.08. The highest BCUT2D eigenvalue weighted by Gasteiger charge is 2.15. The van der Waals surface area contributed by atoms with E-state index >= 15 is 0 Å². The van der Waals surface area contributed by atoms with Crippen molar-refractivity contribution >= 4 is 5.82 Å². The predicted octanol–water partition coefficient (Wildman–Crippen LogP) is 2.73. The van der Waals surface area contributed by atoms with Gasteiger partial charge in [-0.15, -0.1) is 0 Å². The predicted molar refractivity (Wildman–Crippen MR) is 79.0 cm³/mol. The van der Waals surface area contributed by atoms with Gasteiger partial charge in [-0.05, 0) is 30.3 Å². The van der Waals surface area contributed by atoms with E-state index in [1.807, 2.05) is 12.1 Å². The lowest BCUT2D eigenvalue weighted by atomic mass is 10.0. The number of aromatic nitrogens is 2. The van der Waals surface area contributed by atoms with E-state index in [1.54, 1.807) is 30.3 Å². The molecule has 3 aromatic rings. The lowest BCUT2D eigenvalue weighted by Crippen LogP contribution is -2.00. The van der Waals surface area contributed by atoms with Crippen molar-refractivity contribution < 1.29 is 4.42 Å². The maximum absolute atomic E-state index is 9.26. The molecule has 0 aromatic carbocycles. The molecule has 0 saturated carbocycles. The standard InChI is InChI=1S/C16H9N5O/c17-7-10-3-4-13(20-9-10)14-6-11(15-2-1-5-22-15)12(8-18)16(19)21-14/h1-6,9H,(H2,19,21). The van der Waals surface area contributed by atoms with Gasteiger partial charge in [0.15, 0.2) is 0 Å². The van der Waals surface area contributed by atoms with Crippen molar-refractivity contribution in [3.63, 3.8) is 0 Å². The summed E-state index contributed by atoms with van der Waals surface area (Å²) in [6.45, 7) is 0. The van der Waals surface area contributed by atoms with Crippen molar-refractivity contribution in [2.75, 3.05) is 5.73 Å². The number of furan rings is 1. The van der Waals surface area contributed by atoms with Gasteiger partial charge in [0, 0.05) is 11.8 Å². The van der Waals surface area contributed by atoms with Crippen molar-refractivity contribution in [2.45, 2.75) is 0 Å². The third-order valence-corrected chi connectivity index (χ3v) is 3.10. The smallest absolute Gasteiger partial charge is 0.142 e. The summed E-state index contributed by atoms with van der Waals surface area (Å²) in [7, 11) is 0. The van der Waals surface area contributed by atoms with Gasteiger partial charge in [-0.3, -0.25) is 4.98 Å². The minimum atomic E-state index is 0.109. The third kappa shape index (κ3) is 2.26. The molecule has 0 aliphatic carbocycles. The van der Waals surface area contributed by atoms with E-state index in [9.17, 15) is 5.26 Å². The number of hydrogen-bond acceptors (Lipinski definition) is 6. The second-order valence-corrected chi connectivity index (χ2v) is 4.45. The van der Waals surface area contributed by atoms with Gasteiger partial charge < -0.3 is 10.2 Å². The van der Waals surface area contributed by atoms with Crippen LogP contribution < -0.4 is 5.73 Å². The summed E-state index contributed by atoms with van der Waals surface area (Å²) < 4.78 is 5.35. The Morgan fingerprint density at radius 2 is 1.95 bits per heavy atom. The molecule has 3 aromatic heterocycles. The summed E-state index contributed by atoms with van der Waals surface area (Å²) in [5, 5.41) is 18.1. The first-order chi connectivity index (χ1) is 10.7. The zero-order chi connectivity index (χ0) is 15.5. The molecule has 6 nitrogen and oxygen atoms in total. The molecule has 0 spiro atoms. The second-order valence-electron chi connectivity index (χ2n) is 4.45. The maximum atomic E-state index is 9.26. The highest BCUT2D eigenvalue weighted by molar-refractivity contribution is 5.77. The molecule has 2 N–H and O–H groups in total. The Bertz CT molecular complexity index is 899. The highest BCUT2D eigenvalue weighted by Crippen LogP contribution is 2.30. The Morgan fingerprint density at radius 3 is 2.55 bits per heavy atom. The normalized spacial score (nSPS) is 9.91. The van der Waals surface area contributed by atoms with Crippen LogP contribution in [-0.4, -0.2) is 9.97 Å². The van der Waals surface area contributed by atoms with E-state index < -0.39 is 0 Å². The molecule has 104 valence electrons. The van der Waals surface area contributed by atoms with Gasteiger partial charge in [-0.1, -0.05) is 0 Å². The van der Waals surface area contributed by atoms with Gasteiger partial charge in [0.1, 0.15) is 29.3 Å². The first kappa shape index (κ1) is 13.3. The maximum Gasteiger partial charge on any atom is 0.142 e. The molecule has 6 heteroatoms. The van der Waals surface area contributed by atoms with Crippen molar-refractivity contribution in [1.82, 2.24) is 9.97 Å². The number of nitriles is 2. The van der Waals surface area contributed by atoms with Crippen molar-refractivity contribution in [1.29, 1.82) is 10.5 Å². The number of nitrogens with two attached hydrogens (primary N) is 1. The van der Waals surface area contributed by atoms with E-state index in [4.69, 9.17) is 15.4 Å². The van der Waals surface area contributed by atoms with Crippen LogP contribution in [0, 0.1) is 22.7 Å².